The van der Waals surface area contributed by atoms with Crippen molar-refractivity contribution in [2.45, 2.75) is 0 Å². The Labute approximate surface area is 264 Å². The SMILES string of the molecule is N#Cc1ccc2c(c1)c1cccc(-n3c4ccccc4c4ccccc43)c1n2-c1cc(-c2ccccc2)nc(-c2ccccc2)n1. The zero-order valence-corrected chi connectivity index (χ0v) is 24.7. The van der Waals surface area contributed by atoms with E-state index in [0.717, 1.165) is 61.2 Å². The van der Waals surface area contributed by atoms with Crippen LogP contribution in [0.2, 0.25) is 0 Å². The Hall–Kier alpha value is -6.51. The lowest BCUT2D eigenvalue weighted by molar-refractivity contribution is 1.04. The maximum atomic E-state index is 9.88. The molecule has 46 heavy (non-hydrogen) atoms. The lowest BCUT2D eigenvalue weighted by Crippen LogP contribution is -2.05. The van der Waals surface area contributed by atoms with E-state index in [0.29, 0.717) is 11.4 Å². The van der Waals surface area contributed by atoms with Crippen LogP contribution in [0.15, 0.2) is 152 Å². The van der Waals surface area contributed by atoms with Crippen LogP contribution >= 0.6 is 0 Å². The maximum Gasteiger partial charge on any atom is 0.162 e. The van der Waals surface area contributed by atoms with Gasteiger partial charge < -0.3 is 4.57 Å². The fourth-order valence-electron chi connectivity index (χ4n) is 6.74. The lowest BCUT2D eigenvalue weighted by atomic mass is 10.1. The Balaban J connectivity index is 1.45. The summed E-state index contributed by atoms with van der Waals surface area (Å²) in [7, 11) is 0. The van der Waals surface area contributed by atoms with Gasteiger partial charge in [0, 0.05) is 38.7 Å². The highest BCUT2D eigenvalue weighted by molar-refractivity contribution is 6.15. The number of hydrogen-bond acceptors (Lipinski definition) is 3. The van der Waals surface area contributed by atoms with Gasteiger partial charge in [0.15, 0.2) is 5.82 Å². The van der Waals surface area contributed by atoms with E-state index in [2.05, 4.69) is 100 Å². The molecular weight excluding hydrogens is 562 g/mol. The van der Waals surface area contributed by atoms with Crippen molar-refractivity contribution in [2.75, 3.05) is 0 Å². The van der Waals surface area contributed by atoms with E-state index in [9.17, 15) is 5.26 Å². The van der Waals surface area contributed by atoms with Crippen molar-refractivity contribution >= 4 is 43.6 Å². The summed E-state index contributed by atoms with van der Waals surface area (Å²) in [5.41, 5.74) is 8.68. The largest absolute Gasteiger partial charge is 0.307 e. The Kier molecular flexibility index (Phi) is 5.81. The molecule has 0 radical (unpaired) electrons. The Morgan fingerprint density at radius 2 is 1.09 bits per heavy atom. The first-order valence-electron chi connectivity index (χ1n) is 15.2. The highest BCUT2D eigenvalue weighted by atomic mass is 15.1. The monoisotopic (exact) mass is 587 g/mol. The first-order valence-corrected chi connectivity index (χ1v) is 15.2. The molecule has 5 heteroatoms. The van der Waals surface area contributed by atoms with E-state index >= 15 is 0 Å². The van der Waals surface area contributed by atoms with E-state index in [1.807, 2.05) is 66.7 Å². The van der Waals surface area contributed by atoms with Crippen LogP contribution in [0.1, 0.15) is 5.56 Å². The van der Waals surface area contributed by atoms with Crippen molar-refractivity contribution in [3.63, 3.8) is 0 Å². The van der Waals surface area contributed by atoms with Gasteiger partial charge in [0.1, 0.15) is 5.82 Å². The van der Waals surface area contributed by atoms with Crippen LogP contribution in [0, 0.1) is 11.3 Å². The number of nitriles is 1. The molecule has 5 nitrogen and oxygen atoms in total. The third kappa shape index (κ3) is 3.94. The molecule has 0 saturated heterocycles. The van der Waals surface area contributed by atoms with Crippen LogP contribution in [0.25, 0.3) is 77.8 Å². The molecule has 0 bridgehead atoms. The lowest BCUT2D eigenvalue weighted by Gasteiger charge is -2.15. The summed E-state index contributed by atoms with van der Waals surface area (Å²) in [4.78, 5) is 10.3. The molecule has 0 aliphatic rings. The number of hydrogen-bond donors (Lipinski definition) is 0. The predicted octanol–water partition coefficient (Wildman–Crippen LogP) is 9.88. The van der Waals surface area contributed by atoms with Crippen LogP contribution in [0.3, 0.4) is 0 Å². The average molecular weight is 588 g/mol. The van der Waals surface area contributed by atoms with Crippen molar-refractivity contribution < 1.29 is 0 Å². The highest BCUT2D eigenvalue weighted by Crippen LogP contribution is 2.40. The van der Waals surface area contributed by atoms with Gasteiger partial charge in [-0.2, -0.15) is 5.26 Å². The average Bonchev–Trinajstić information content (AvgIpc) is 3.65. The fraction of sp³-hybridized carbons (Fsp3) is 0. The van der Waals surface area contributed by atoms with Crippen molar-refractivity contribution in [3.8, 4) is 40.2 Å². The Morgan fingerprint density at radius 1 is 0.478 bits per heavy atom. The highest BCUT2D eigenvalue weighted by Gasteiger charge is 2.22. The second kappa shape index (κ2) is 10.3. The van der Waals surface area contributed by atoms with Crippen LogP contribution in [0.5, 0.6) is 0 Å². The molecule has 9 rings (SSSR count). The topological polar surface area (TPSA) is 59.4 Å². The smallest absolute Gasteiger partial charge is 0.162 e. The van der Waals surface area contributed by atoms with Gasteiger partial charge in [-0.25, -0.2) is 9.97 Å². The molecule has 6 aromatic carbocycles. The molecule has 0 fully saturated rings. The molecule has 3 aromatic heterocycles. The first-order chi connectivity index (χ1) is 22.8. The molecular formula is C41H25N5. The van der Waals surface area contributed by atoms with Crippen LogP contribution in [-0.2, 0) is 0 Å². The van der Waals surface area contributed by atoms with Gasteiger partial charge in [0.05, 0.1) is 45.1 Å². The van der Waals surface area contributed by atoms with Gasteiger partial charge in [0.2, 0.25) is 0 Å². The molecule has 0 aliphatic heterocycles. The summed E-state index contributed by atoms with van der Waals surface area (Å²) >= 11 is 0. The predicted molar refractivity (Wildman–Crippen MR) is 186 cm³/mol. The minimum absolute atomic E-state index is 0.617. The Bertz CT molecular complexity index is 2530. The molecule has 0 spiro atoms. The fourth-order valence-corrected chi connectivity index (χ4v) is 6.74. The Morgan fingerprint density at radius 3 is 1.78 bits per heavy atom. The molecule has 0 N–H and O–H groups in total. The molecule has 9 aromatic rings. The van der Waals surface area contributed by atoms with Crippen molar-refractivity contribution in [2.24, 2.45) is 0 Å². The zero-order valence-electron chi connectivity index (χ0n) is 24.7. The van der Waals surface area contributed by atoms with Gasteiger partial charge >= 0.3 is 0 Å². The molecule has 0 aliphatic carbocycles. The number of fused-ring (bicyclic) bond motifs is 6. The van der Waals surface area contributed by atoms with E-state index < -0.39 is 0 Å². The summed E-state index contributed by atoms with van der Waals surface area (Å²) in [6.07, 6.45) is 0. The van der Waals surface area contributed by atoms with Gasteiger partial charge in [0.25, 0.3) is 0 Å². The summed E-state index contributed by atoms with van der Waals surface area (Å²) in [5.74, 6) is 1.40. The van der Waals surface area contributed by atoms with Crippen LogP contribution in [-0.4, -0.2) is 19.1 Å². The molecule has 3 heterocycles. The van der Waals surface area contributed by atoms with Gasteiger partial charge in [-0.1, -0.05) is 109 Å². The quantitative estimate of drug-likeness (QED) is 0.206. The molecule has 0 amide bonds. The normalized spacial score (nSPS) is 11.5. The standard InChI is InChI=1S/C41H25N5/c42-26-27-22-23-37-33(24-27)32-18-11-21-38(45-35-19-9-7-16-30(35)31-17-8-10-20-36(31)45)40(32)46(37)39-25-34(28-12-3-1-4-13-28)43-41(44-39)29-14-5-2-6-15-29/h1-25H. The van der Waals surface area contributed by atoms with E-state index in [-0.39, 0.29) is 0 Å². The number of aromatic nitrogens is 4. The van der Waals surface area contributed by atoms with Crippen molar-refractivity contribution in [1.29, 1.82) is 5.26 Å². The van der Waals surface area contributed by atoms with E-state index in [4.69, 9.17) is 9.97 Å². The summed E-state index contributed by atoms with van der Waals surface area (Å²) in [5, 5.41) is 14.3. The molecule has 0 saturated carbocycles. The number of nitrogens with zero attached hydrogens (tertiary/aromatic N) is 5. The molecule has 0 atom stereocenters. The van der Waals surface area contributed by atoms with E-state index in [1.54, 1.807) is 0 Å². The zero-order chi connectivity index (χ0) is 30.6. The van der Waals surface area contributed by atoms with Gasteiger partial charge in [-0.15, -0.1) is 0 Å². The summed E-state index contributed by atoms with van der Waals surface area (Å²) < 4.78 is 4.59. The third-order valence-corrected chi connectivity index (χ3v) is 8.76. The number of benzene rings is 6. The van der Waals surface area contributed by atoms with Gasteiger partial charge in [-0.3, -0.25) is 4.57 Å². The second-order valence-corrected chi connectivity index (χ2v) is 11.4. The summed E-state index contributed by atoms with van der Waals surface area (Å²) in [6.45, 7) is 0. The van der Waals surface area contributed by atoms with Crippen molar-refractivity contribution in [3.05, 3.63) is 157 Å². The first kappa shape index (κ1) is 25.9. The third-order valence-electron chi connectivity index (χ3n) is 8.76. The maximum absolute atomic E-state index is 9.88. The number of para-hydroxylation sites is 3. The van der Waals surface area contributed by atoms with Crippen LogP contribution in [0.4, 0.5) is 0 Å². The van der Waals surface area contributed by atoms with E-state index in [1.165, 1.54) is 10.8 Å². The van der Waals surface area contributed by atoms with Crippen LogP contribution < -0.4 is 0 Å². The minimum Gasteiger partial charge on any atom is -0.307 e. The molecule has 0 unspecified atom stereocenters. The second-order valence-electron chi connectivity index (χ2n) is 11.4. The van der Waals surface area contributed by atoms with Gasteiger partial charge in [-0.05, 0) is 36.4 Å². The molecule has 214 valence electrons. The minimum atomic E-state index is 0.617. The van der Waals surface area contributed by atoms with Crippen molar-refractivity contribution in [1.82, 2.24) is 19.1 Å². The summed E-state index contributed by atoms with van der Waals surface area (Å²) in [6, 6.07) is 54.2. The number of rotatable bonds is 4.